The zero-order valence-electron chi connectivity index (χ0n) is 7.21. The van der Waals surface area contributed by atoms with Gasteiger partial charge in [-0.25, -0.2) is 0 Å². The lowest BCUT2D eigenvalue weighted by molar-refractivity contribution is 0.881. The maximum atomic E-state index is 3.93. The van der Waals surface area contributed by atoms with Gasteiger partial charge in [-0.2, -0.15) is 15.5 Å². The van der Waals surface area contributed by atoms with Crippen LogP contribution in [-0.4, -0.2) is 40.6 Å². The Morgan fingerprint density at radius 1 is 1.29 bits per heavy atom. The molecule has 2 aromatic rings. The van der Waals surface area contributed by atoms with Gasteiger partial charge in [0.1, 0.15) is 5.03 Å². The lowest BCUT2D eigenvalue weighted by atomic mass is 10.9. The number of hydrogen-bond acceptors (Lipinski definition) is 7. The number of aromatic amines is 2. The van der Waals surface area contributed by atoms with Crippen molar-refractivity contribution in [3.05, 3.63) is 6.20 Å². The molecule has 0 bridgehead atoms. The molecule has 7 nitrogen and oxygen atoms in total. The number of nitrogens with one attached hydrogen (secondary N) is 2. The van der Waals surface area contributed by atoms with Crippen LogP contribution in [0.2, 0.25) is 0 Å². The minimum absolute atomic E-state index is 0.262. The molecule has 0 radical (unpaired) electrons. The first-order valence-corrected chi connectivity index (χ1v) is 5.53. The molecule has 0 aromatic carbocycles. The van der Waals surface area contributed by atoms with Crippen molar-refractivity contribution in [3.63, 3.8) is 0 Å². The van der Waals surface area contributed by atoms with Crippen molar-refractivity contribution in [2.75, 3.05) is 0 Å². The van der Waals surface area contributed by atoms with Crippen molar-refractivity contribution in [1.29, 1.82) is 0 Å². The summed E-state index contributed by atoms with van der Waals surface area (Å²) < 4.78 is 0.262. The van der Waals surface area contributed by atoms with Gasteiger partial charge in [-0.05, 0) is 12.1 Å². The van der Waals surface area contributed by atoms with E-state index in [0.717, 1.165) is 5.03 Å². The molecule has 0 aliphatic heterocycles. The van der Waals surface area contributed by atoms with Crippen LogP contribution in [0.15, 0.2) is 16.4 Å². The molecule has 9 heteroatoms. The monoisotopic (exact) mass is 229 g/mol. The summed E-state index contributed by atoms with van der Waals surface area (Å²) in [5.74, 6) is 0. The van der Waals surface area contributed by atoms with Gasteiger partial charge in [-0.1, -0.05) is 23.5 Å². The maximum absolute atomic E-state index is 3.93. The van der Waals surface area contributed by atoms with Crippen molar-refractivity contribution in [2.24, 2.45) is 0 Å². The minimum Gasteiger partial charge on any atom is -0.197 e. The van der Waals surface area contributed by atoms with Crippen LogP contribution in [-0.2, 0) is 0 Å². The van der Waals surface area contributed by atoms with Gasteiger partial charge in [0.05, 0.1) is 10.8 Å². The van der Waals surface area contributed by atoms with Crippen LogP contribution in [0.5, 0.6) is 0 Å². The summed E-state index contributed by atoms with van der Waals surface area (Å²) in [5.41, 5.74) is 0. The first kappa shape index (κ1) is 9.46. The molecule has 0 amide bonds. The zero-order valence-corrected chi connectivity index (χ0v) is 8.84. The van der Waals surface area contributed by atoms with Crippen LogP contribution in [0.4, 0.5) is 0 Å². The molecule has 0 fully saturated rings. The molecule has 0 spiro atoms. The average molecular weight is 229 g/mol. The first-order valence-electron chi connectivity index (χ1n) is 3.77. The minimum atomic E-state index is 0.262. The van der Waals surface area contributed by atoms with Crippen molar-refractivity contribution in [3.8, 4) is 0 Å². The van der Waals surface area contributed by atoms with Crippen LogP contribution in [0.1, 0.15) is 6.92 Å². The second-order valence-electron chi connectivity index (χ2n) is 2.31. The van der Waals surface area contributed by atoms with Crippen molar-refractivity contribution in [2.45, 2.75) is 21.7 Å². The molecule has 0 saturated heterocycles. The quantitative estimate of drug-likeness (QED) is 0.583. The highest BCUT2D eigenvalue weighted by molar-refractivity contribution is 8.16. The third kappa shape index (κ3) is 2.45. The van der Waals surface area contributed by atoms with E-state index in [0.29, 0.717) is 5.16 Å². The zero-order chi connectivity index (χ0) is 9.80. The van der Waals surface area contributed by atoms with Crippen molar-refractivity contribution < 1.29 is 0 Å². The summed E-state index contributed by atoms with van der Waals surface area (Å²) in [4.78, 5) is 0. The molecule has 2 N–H and O–H groups in total. The largest absolute Gasteiger partial charge is 0.232 e. The van der Waals surface area contributed by atoms with Gasteiger partial charge in [-0.15, -0.1) is 15.3 Å². The highest BCUT2D eigenvalue weighted by Gasteiger charge is 2.10. The fourth-order valence-electron chi connectivity index (χ4n) is 0.793. The van der Waals surface area contributed by atoms with Gasteiger partial charge in [0, 0.05) is 0 Å². The molecule has 2 aromatic heterocycles. The SMILES string of the molecule is CC(Sc1cn[nH]n1)Sc1nn[nH]n1. The normalized spacial score (nSPS) is 12.9. The Balaban J connectivity index is 1.88. The van der Waals surface area contributed by atoms with Crippen LogP contribution >= 0.6 is 23.5 Å². The Bertz CT molecular complexity index is 321. The lowest BCUT2D eigenvalue weighted by Gasteiger charge is -2.03. The van der Waals surface area contributed by atoms with Gasteiger partial charge < -0.3 is 0 Å². The highest BCUT2D eigenvalue weighted by atomic mass is 32.2. The summed E-state index contributed by atoms with van der Waals surface area (Å²) in [6.45, 7) is 2.04. The number of rotatable bonds is 4. The predicted octanol–water partition coefficient (Wildman–Crippen LogP) is 0.548. The Labute approximate surface area is 87.8 Å². The summed E-state index contributed by atoms with van der Waals surface area (Å²) in [5, 5.41) is 25.3. The number of H-pyrrole nitrogens is 2. The van der Waals surface area contributed by atoms with E-state index in [-0.39, 0.29) is 4.58 Å². The molecule has 1 unspecified atom stereocenters. The number of aromatic nitrogens is 7. The third-order valence-corrected chi connectivity index (χ3v) is 3.34. The second-order valence-corrected chi connectivity index (χ2v) is 5.27. The third-order valence-electron chi connectivity index (χ3n) is 1.28. The first-order chi connectivity index (χ1) is 6.84. The molecule has 0 aliphatic rings. The van der Waals surface area contributed by atoms with Crippen LogP contribution in [0.25, 0.3) is 0 Å². The summed E-state index contributed by atoms with van der Waals surface area (Å²) >= 11 is 3.10. The van der Waals surface area contributed by atoms with Crippen LogP contribution in [0.3, 0.4) is 0 Å². The smallest absolute Gasteiger partial charge is 0.197 e. The van der Waals surface area contributed by atoms with Gasteiger partial charge in [0.15, 0.2) is 0 Å². The Hall–Kier alpha value is -1.09. The second kappa shape index (κ2) is 4.42. The number of nitrogens with zero attached hydrogens (tertiary/aromatic N) is 5. The van der Waals surface area contributed by atoms with Gasteiger partial charge in [0.25, 0.3) is 0 Å². The molecular formula is C5H7N7S2. The molecule has 0 aliphatic carbocycles. The van der Waals surface area contributed by atoms with Crippen molar-refractivity contribution in [1.82, 2.24) is 36.0 Å². The molecule has 2 rings (SSSR count). The summed E-state index contributed by atoms with van der Waals surface area (Å²) in [6, 6.07) is 0. The van der Waals surface area contributed by atoms with E-state index in [2.05, 4.69) is 36.0 Å². The van der Waals surface area contributed by atoms with E-state index < -0.39 is 0 Å². The molecule has 2 heterocycles. The number of hydrogen-bond donors (Lipinski definition) is 2. The molecule has 0 saturated carbocycles. The molecule has 1 atom stereocenters. The van der Waals surface area contributed by atoms with Gasteiger partial charge in [0.2, 0.25) is 5.16 Å². The van der Waals surface area contributed by atoms with Crippen LogP contribution in [0, 0.1) is 0 Å². The standard InChI is InChI=1S/C5H7N7S2/c1-3(13-4-2-6-10-7-4)14-5-8-11-12-9-5/h2-3H,1H3,(H,6,7,10)(H,8,9,11,12). The summed E-state index contributed by atoms with van der Waals surface area (Å²) in [6.07, 6.45) is 1.68. The maximum Gasteiger partial charge on any atom is 0.232 e. The molecule has 14 heavy (non-hydrogen) atoms. The van der Waals surface area contributed by atoms with E-state index in [9.17, 15) is 0 Å². The fourth-order valence-corrected chi connectivity index (χ4v) is 2.56. The van der Waals surface area contributed by atoms with E-state index in [4.69, 9.17) is 0 Å². The molecular weight excluding hydrogens is 222 g/mol. The number of tetrazole rings is 1. The van der Waals surface area contributed by atoms with Crippen molar-refractivity contribution >= 4 is 23.5 Å². The van der Waals surface area contributed by atoms with E-state index in [1.165, 1.54) is 11.8 Å². The molecule has 74 valence electrons. The van der Waals surface area contributed by atoms with Crippen LogP contribution < -0.4 is 0 Å². The number of thioether (sulfide) groups is 2. The van der Waals surface area contributed by atoms with E-state index >= 15 is 0 Å². The average Bonchev–Trinajstić information content (AvgIpc) is 2.76. The van der Waals surface area contributed by atoms with Gasteiger partial charge in [-0.3, -0.25) is 0 Å². The van der Waals surface area contributed by atoms with E-state index in [1.54, 1.807) is 18.0 Å². The summed E-state index contributed by atoms with van der Waals surface area (Å²) in [7, 11) is 0. The van der Waals surface area contributed by atoms with Gasteiger partial charge >= 0.3 is 0 Å². The topological polar surface area (TPSA) is 96.0 Å². The lowest BCUT2D eigenvalue weighted by Crippen LogP contribution is -1.90. The highest BCUT2D eigenvalue weighted by Crippen LogP contribution is 2.31. The predicted molar refractivity (Wildman–Crippen MR) is 51.7 cm³/mol. The Morgan fingerprint density at radius 2 is 2.21 bits per heavy atom. The Kier molecular flexibility index (Phi) is 2.99. The Morgan fingerprint density at radius 3 is 2.86 bits per heavy atom. The van der Waals surface area contributed by atoms with E-state index in [1.807, 2.05) is 6.92 Å². The fraction of sp³-hybridized carbons (Fsp3) is 0.400.